The highest BCUT2D eigenvalue weighted by molar-refractivity contribution is 7.99. The van der Waals surface area contributed by atoms with E-state index in [1.165, 1.54) is 30.0 Å². The molecule has 0 aliphatic rings. The van der Waals surface area contributed by atoms with Crippen LogP contribution in [0.1, 0.15) is 17.3 Å². The molecular weight excluding hydrogens is 388 g/mol. The van der Waals surface area contributed by atoms with Gasteiger partial charge in [0.2, 0.25) is 0 Å². The van der Waals surface area contributed by atoms with Crippen molar-refractivity contribution in [1.29, 1.82) is 0 Å². The normalized spacial score (nSPS) is 11.2. The molecule has 0 aliphatic heterocycles. The fourth-order valence-electron chi connectivity index (χ4n) is 3.19. The van der Waals surface area contributed by atoms with Crippen molar-refractivity contribution in [3.63, 3.8) is 0 Å². The lowest BCUT2D eigenvalue weighted by atomic mass is 10.1. The van der Waals surface area contributed by atoms with E-state index in [9.17, 15) is 19.8 Å². The number of aromatic nitrogens is 2. The van der Waals surface area contributed by atoms with Crippen LogP contribution in [-0.4, -0.2) is 31.3 Å². The molecule has 4 aromatic rings. The minimum Gasteiger partial charge on any atom is -0.504 e. The Morgan fingerprint density at radius 1 is 1.03 bits per heavy atom. The van der Waals surface area contributed by atoms with Gasteiger partial charge in [-0.25, -0.2) is 4.98 Å². The van der Waals surface area contributed by atoms with Crippen molar-refractivity contribution in [3.8, 4) is 11.5 Å². The van der Waals surface area contributed by atoms with E-state index in [1.807, 2.05) is 43.3 Å². The Kier molecular flexibility index (Phi) is 4.98. The third kappa shape index (κ3) is 3.56. The molecule has 0 fully saturated rings. The van der Waals surface area contributed by atoms with Gasteiger partial charge in [-0.1, -0.05) is 36.0 Å². The van der Waals surface area contributed by atoms with E-state index in [1.54, 1.807) is 4.57 Å². The summed E-state index contributed by atoms with van der Waals surface area (Å²) in [5, 5.41) is 22.0. The number of phenols is 2. The average Bonchev–Trinajstić information content (AvgIpc) is 2.73. The number of benzene rings is 3. The summed E-state index contributed by atoms with van der Waals surface area (Å²) >= 11 is 1.18. The fourth-order valence-corrected chi connectivity index (χ4v) is 4.14. The summed E-state index contributed by atoms with van der Waals surface area (Å²) in [5.74, 6) is -0.810. The zero-order valence-electron chi connectivity index (χ0n) is 15.6. The summed E-state index contributed by atoms with van der Waals surface area (Å²) in [6.07, 6.45) is 0. The van der Waals surface area contributed by atoms with Crippen LogP contribution in [0.4, 0.5) is 0 Å². The monoisotopic (exact) mass is 406 g/mol. The molecule has 3 aromatic carbocycles. The van der Waals surface area contributed by atoms with Gasteiger partial charge in [-0.3, -0.25) is 14.2 Å². The average molecular weight is 406 g/mol. The van der Waals surface area contributed by atoms with Crippen LogP contribution in [0.25, 0.3) is 21.7 Å². The van der Waals surface area contributed by atoms with Crippen molar-refractivity contribution >= 4 is 39.2 Å². The fraction of sp³-hybridized carbons (Fsp3) is 0.136. The molecule has 0 amide bonds. The first-order valence-electron chi connectivity index (χ1n) is 9.09. The maximum absolute atomic E-state index is 13.0. The molecule has 146 valence electrons. The molecule has 7 heteroatoms. The van der Waals surface area contributed by atoms with Crippen molar-refractivity contribution in [2.75, 3.05) is 5.75 Å². The Labute approximate surface area is 170 Å². The molecule has 0 radical (unpaired) electrons. The van der Waals surface area contributed by atoms with E-state index < -0.39 is 0 Å². The number of fused-ring (bicyclic) bond motifs is 2. The molecule has 0 aliphatic carbocycles. The molecule has 2 N–H and O–H groups in total. The minimum absolute atomic E-state index is 0.0513. The lowest BCUT2D eigenvalue weighted by Gasteiger charge is -2.12. The van der Waals surface area contributed by atoms with E-state index in [0.29, 0.717) is 22.6 Å². The van der Waals surface area contributed by atoms with E-state index in [0.717, 1.165) is 10.8 Å². The van der Waals surface area contributed by atoms with Crippen molar-refractivity contribution in [3.05, 3.63) is 70.5 Å². The van der Waals surface area contributed by atoms with Crippen molar-refractivity contribution in [2.45, 2.75) is 18.6 Å². The number of carbonyl (C=O) groups excluding carboxylic acids is 1. The van der Waals surface area contributed by atoms with Gasteiger partial charge in [0.15, 0.2) is 22.4 Å². The first-order chi connectivity index (χ1) is 14.0. The summed E-state index contributed by atoms with van der Waals surface area (Å²) < 4.78 is 1.56. The first kappa shape index (κ1) is 19.0. The van der Waals surface area contributed by atoms with Crippen LogP contribution in [0, 0.1) is 0 Å². The number of ketones is 1. The summed E-state index contributed by atoms with van der Waals surface area (Å²) in [7, 11) is 0. The molecule has 0 unspecified atom stereocenters. The number of Topliss-reactive ketones (excluding diaryl/α,β-unsaturated/α-hetero) is 1. The minimum atomic E-state index is -0.345. The SMILES string of the molecule is CCn1c(SCC(=O)c2ccc(O)c(O)c2)nc2cc3ccccc3cc2c1=O. The van der Waals surface area contributed by atoms with Crippen molar-refractivity contribution in [2.24, 2.45) is 0 Å². The lowest BCUT2D eigenvalue weighted by molar-refractivity contribution is 0.102. The highest BCUT2D eigenvalue weighted by atomic mass is 32.2. The summed E-state index contributed by atoms with van der Waals surface area (Å²) in [4.78, 5) is 30.1. The van der Waals surface area contributed by atoms with Crippen LogP contribution in [0.2, 0.25) is 0 Å². The number of phenolic OH excluding ortho intramolecular Hbond substituents is 2. The van der Waals surface area contributed by atoms with E-state index in [-0.39, 0.29) is 34.2 Å². The highest BCUT2D eigenvalue weighted by Gasteiger charge is 2.15. The van der Waals surface area contributed by atoms with Gasteiger partial charge in [0.1, 0.15) is 0 Å². The molecule has 6 nitrogen and oxygen atoms in total. The summed E-state index contributed by atoms with van der Waals surface area (Å²) in [6, 6.07) is 15.5. The number of aromatic hydroxyl groups is 2. The smallest absolute Gasteiger partial charge is 0.262 e. The van der Waals surface area contributed by atoms with Gasteiger partial charge < -0.3 is 10.2 Å². The molecule has 29 heavy (non-hydrogen) atoms. The third-order valence-corrected chi connectivity index (χ3v) is 5.71. The van der Waals surface area contributed by atoms with Gasteiger partial charge in [-0.15, -0.1) is 0 Å². The maximum Gasteiger partial charge on any atom is 0.262 e. The quantitative estimate of drug-likeness (QED) is 0.171. The highest BCUT2D eigenvalue weighted by Crippen LogP contribution is 2.27. The Bertz CT molecular complexity index is 1310. The van der Waals surface area contributed by atoms with Crippen LogP contribution in [0.5, 0.6) is 11.5 Å². The molecule has 0 spiro atoms. The van der Waals surface area contributed by atoms with Crippen LogP contribution < -0.4 is 5.56 Å². The van der Waals surface area contributed by atoms with E-state index in [2.05, 4.69) is 4.98 Å². The molecule has 0 saturated carbocycles. The number of hydrogen-bond donors (Lipinski definition) is 2. The summed E-state index contributed by atoms with van der Waals surface area (Å²) in [6.45, 7) is 2.30. The van der Waals surface area contributed by atoms with Crippen molar-refractivity contribution in [1.82, 2.24) is 9.55 Å². The Balaban J connectivity index is 1.70. The van der Waals surface area contributed by atoms with Gasteiger partial charge in [0, 0.05) is 12.1 Å². The predicted octanol–water partition coefficient (Wildman–Crippen LogP) is 3.96. The van der Waals surface area contributed by atoms with Gasteiger partial charge in [0.05, 0.1) is 16.7 Å². The topological polar surface area (TPSA) is 92.4 Å². The zero-order valence-corrected chi connectivity index (χ0v) is 16.4. The molecule has 4 rings (SSSR count). The van der Waals surface area contributed by atoms with E-state index in [4.69, 9.17) is 0 Å². The lowest BCUT2D eigenvalue weighted by Crippen LogP contribution is -2.23. The van der Waals surface area contributed by atoms with Gasteiger partial charge in [-0.05, 0) is 48.0 Å². The van der Waals surface area contributed by atoms with Crippen LogP contribution in [-0.2, 0) is 6.54 Å². The van der Waals surface area contributed by atoms with Gasteiger partial charge >= 0.3 is 0 Å². The number of thioether (sulfide) groups is 1. The standard InChI is InChI=1S/C22H18N2O4S/c1-2-24-21(28)16-9-13-5-3-4-6-14(13)10-17(16)23-22(24)29-12-20(27)15-7-8-18(25)19(26)11-15/h3-11,25-26H,2,12H2,1H3. The number of hydrogen-bond acceptors (Lipinski definition) is 6. The predicted molar refractivity (Wildman–Crippen MR) is 114 cm³/mol. The molecule has 1 aromatic heterocycles. The molecule has 0 atom stereocenters. The summed E-state index contributed by atoms with van der Waals surface area (Å²) in [5.41, 5.74) is 0.737. The largest absolute Gasteiger partial charge is 0.504 e. The third-order valence-electron chi connectivity index (χ3n) is 4.73. The molecule has 0 saturated heterocycles. The van der Waals surface area contributed by atoms with Crippen LogP contribution >= 0.6 is 11.8 Å². The second-order valence-electron chi connectivity index (χ2n) is 6.58. The molecule has 0 bridgehead atoms. The molecule has 1 heterocycles. The Hall–Kier alpha value is -3.32. The van der Waals surface area contributed by atoms with Crippen LogP contribution in [0.15, 0.2) is 64.5 Å². The van der Waals surface area contributed by atoms with Gasteiger partial charge in [-0.2, -0.15) is 0 Å². The van der Waals surface area contributed by atoms with E-state index >= 15 is 0 Å². The second kappa shape index (κ2) is 7.60. The Morgan fingerprint density at radius 3 is 2.45 bits per heavy atom. The maximum atomic E-state index is 13.0. The van der Waals surface area contributed by atoms with Gasteiger partial charge in [0.25, 0.3) is 5.56 Å². The number of nitrogens with zero attached hydrogens (tertiary/aromatic N) is 2. The first-order valence-corrected chi connectivity index (χ1v) is 10.1. The number of carbonyl (C=O) groups is 1. The second-order valence-corrected chi connectivity index (χ2v) is 7.52. The van der Waals surface area contributed by atoms with Crippen molar-refractivity contribution < 1.29 is 15.0 Å². The zero-order chi connectivity index (χ0) is 20.5. The van der Waals surface area contributed by atoms with Crippen LogP contribution in [0.3, 0.4) is 0 Å². The Morgan fingerprint density at radius 2 is 1.76 bits per heavy atom. The number of rotatable bonds is 5. The molecular formula is C22H18N2O4S.